The second-order valence-electron chi connectivity index (χ2n) is 7.89. The summed E-state index contributed by atoms with van der Waals surface area (Å²) in [7, 11) is -3.96. The SMILES string of the molecule is CC1CCN(CCCNC(=O)c2cc(S(=O)(=O)Nc3ccc(F)cc3)ccc2Cl)CC1. The molecule has 168 valence electrons. The number of piperidine rings is 1. The molecule has 0 unspecified atom stereocenters. The third-order valence-corrected chi connectivity index (χ3v) is 7.11. The molecule has 0 spiro atoms. The molecule has 0 atom stereocenters. The van der Waals surface area contributed by atoms with Crippen molar-refractivity contribution in [3.05, 3.63) is 58.9 Å². The summed E-state index contributed by atoms with van der Waals surface area (Å²) in [6, 6.07) is 8.90. The number of halogens is 2. The molecule has 1 heterocycles. The lowest BCUT2D eigenvalue weighted by Gasteiger charge is -2.30. The van der Waals surface area contributed by atoms with Crippen LogP contribution in [-0.2, 0) is 10.0 Å². The second kappa shape index (κ2) is 10.4. The molecule has 2 N–H and O–H groups in total. The Morgan fingerprint density at radius 2 is 1.84 bits per heavy atom. The summed E-state index contributed by atoms with van der Waals surface area (Å²) >= 11 is 6.14. The molecule has 3 rings (SSSR count). The van der Waals surface area contributed by atoms with Crippen LogP contribution >= 0.6 is 11.6 Å². The zero-order valence-electron chi connectivity index (χ0n) is 17.4. The van der Waals surface area contributed by atoms with E-state index in [-0.39, 0.29) is 21.2 Å². The monoisotopic (exact) mass is 467 g/mol. The fourth-order valence-electron chi connectivity index (χ4n) is 3.46. The van der Waals surface area contributed by atoms with E-state index in [1.807, 2.05) is 0 Å². The number of likely N-dealkylation sites (tertiary alicyclic amines) is 1. The van der Waals surface area contributed by atoms with Crippen molar-refractivity contribution in [2.24, 2.45) is 5.92 Å². The van der Waals surface area contributed by atoms with Crippen LogP contribution in [0.4, 0.5) is 10.1 Å². The molecular formula is C22H27ClFN3O3S. The molecule has 1 aliphatic rings. The van der Waals surface area contributed by atoms with Crippen LogP contribution in [0.25, 0.3) is 0 Å². The van der Waals surface area contributed by atoms with E-state index in [9.17, 15) is 17.6 Å². The highest BCUT2D eigenvalue weighted by Crippen LogP contribution is 2.23. The average Bonchev–Trinajstić information content (AvgIpc) is 2.74. The highest BCUT2D eigenvalue weighted by molar-refractivity contribution is 7.92. The molecule has 0 aromatic heterocycles. The van der Waals surface area contributed by atoms with Gasteiger partial charge in [0.2, 0.25) is 0 Å². The van der Waals surface area contributed by atoms with Crippen LogP contribution in [-0.4, -0.2) is 45.4 Å². The minimum atomic E-state index is -3.96. The largest absolute Gasteiger partial charge is 0.352 e. The van der Waals surface area contributed by atoms with Crippen molar-refractivity contribution < 1.29 is 17.6 Å². The van der Waals surface area contributed by atoms with Gasteiger partial charge in [0.1, 0.15) is 5.82 Å². The topological polar surface area (TPSA) is 78.5 Å². The van der Waals surface area contributed by atoms with E-state index in [1.165, 1.54) is 43.2 Å². The average molecular weight is 468 g/mol. The van der Waals surface area contributed by atoms with Crippen LogP contribution in [0, 0.1) is 11.7 Å². The summed E-state index contributed by atoms with van der Waals surface area (Å²) in [5.74, 6) is -0.112. The van der Waals surface area contributed by atoms with Crippen LogP contribution in [0.3, 0.4) is 0 Å². The first kappa shape index (κ1) is 23.5. The molecule has 9 heteroatoms. The van der Waals surface area contributed by atoms with Gasteiger partial charge in [-0.3, -0.25) is 9.52 Å². The molecule has 0 bridgehead atoms. The number of anilines is 1. The summed E-state index contributed by atoms with van der Waals surface area (Å²) < 4.78 is 40.7. The molecule has 1 saturated heterocycles. The lowest BCUT2D eigenvalue weighted by molar-refractivity contribution is 0.0950. The van der Waals surface area contributed by atoms with Gasteiger partial charge in [0, 0.05) is 12.2 Å². The van der Waals surface area contributed by atoms with E-state index in [0.717, 1.165) is 44.1 Å². The predicted octanol–water partition coefficient (Wildman–Crippen LogP) is 4.13. The van der Waals surface area contributed by atoms with E-state index in [4.69, 9.17) is 11.6 Å². The number of hydrogen-bond acceptors (Lipinski definition) is 4. The molecule has 2 aromatic carbocycles. The Morgan fingerprint density at radius 1 is 1.16 bits per heavy atom. The Morgan fingerprint density at radius 3 is 2.52 bits per heavy atom. The van der Waals surface area contributed by atoms with Gasteiger partial charge in [-0.05, 0) is 87.3 Å². The van der Waals surface area contributed by atoms with Crippen molar-refractivity contribution >= 4 is 33.2 Å². The lowest BCUT2D eigenvalue weighted by atomic mass is 9.99. The summed E-state index contributed by atoms with van der Waals surface area (Å²) in [6.07, 6.45) is 3.21. The molecule has 6 nitrogen and oxygen atoms in total. The maximum absolute atomic E-state index is 13.0. The van der Waals surface area contributed by atoms with Crippen LogP contribution in [0.15, 0.2) is 47.4 Å². The summed E-state index contributed by atoms with van der Waals surface area (Å²) in [6.45, 7) is 5.83. The number of sulfonamides is 1. The van der Waals surface area contributed by atoms with Crippen LogP contribution < -0.4 is 10.0 Å². The van der Waals surface area contributed by atoms with Gasteiger partial charge < -0.3 is 10.2 Å². The quantitative estimate of drug-likeness (QED) is 0.572. The van der Waals surface area contributed by atoms with E-state index in [1.54, 1.807) is 0 Å². The number of nitrogens with zero attached hydrogens (tertiary/aromatic N) is 1. The van der Waals surface area contributed by atoms with E-state index in [0.29, 0.717) is 6.54 Å². The van der Waals surface area contributed by atoms with Gasteiger partial charge in [0.05, 0.1) is 15.5 Å². The van der Waals surface area contributed by atoms with Crippen molar-refractivity contribution in [1.82, 2.24) is 10.2 Å². The van der Waals surface area contributed by atoms with Crippen molar-refractivity contribution in [3.63, 3.8) is 0 Å². The minimum absolute atomic E-state index is 0.0930. The van der Waals surface area contributed by atoms with Gasteiger partial charge in [-0.15, -0.1) is 0 Å². The Hall–Kier alpha value is -2.16. The number of amides is 1. The first-order valence-electron chi connectivity index (χ1n) is 10.3. The Kier molecular flexibility index (Phi) is 7.91. The molecular weight excluding hydrogens is 441 g/mol. The highest BCUT2D eigenvalue weighted by Gasteiger charge is 2.19. The minimum Gasteiger partial charge on any atom is -0.352 e. The van der Waals surface area contributed by atoms with Crippen molar-refractivity contribution in [2.45, 2.75) is 31.1 Å². The first-order chi connectivity index (χ1) is 14.7. The molecule has 0 radical (unpaired) electrons. The Labute approximate surface area is 187 Å². The van der Waals surface area contributed by atoms with Gasteiger partial charge >= 0.3 is 0 Å². The third-order valence-electron chi connectivity index (χ3n) is 5.40. The molecule has 1 amide bonds. The number of carbonyl (C=O) groups excluding carboxylic acids is 1. The van der Waals surface area contributed by atoms with Gasteiger partial charge in [0.25, 0.3) is 15.9 Å². The van der Waals surface area contributed by atoms with Crippen molar-refractivity contribution in [2.75, 3.05) is 30.9 Å². The molecule has 1 aliphatic heterocycles. The van der Waals surface area contributed by atoms with Gasteiger partial charge in [-0.2, -0.15) is 0 Å². The van der Waals surface area contributed by atoms with E-state index < -0.39 is 21.7 Å². The molecule has 1 fully saturated rings. The lowest BCUT2D eigenvalue weighted by Crippen LogP contribution is -2.35. The molecule has 31 heavy (non-hydrogen) atoms. The smallest absolute Gasteiger partial charge is 0.261 e. The fraction of sp³-hybridized carbons (Fsp3) is 0.409. The van der Waals surface area contributed by atoms with Crippen molar-refractivity contribution in [1.29, 1.82) is 0 Å². The standard InChI is InChI=1S/C22H27ClFN3O3S/c1-16-9-13-27(14-10-16)12-2-11-25-22(28)20-15-19(7-8-21(20)23)31(29,30)26-18-5-3-17(24)4-6-18/h3-8,15-16,26H,2,9-14H2,1H3,(H,25,28). The van der Waals surface area contributed by atoms with Crippen LogP contribution in [0.1, 0.15) is 36.5 Å². The molecule has 2 aromatic rings. The predicted molar refractivity (Wildman–Crippen MR) is 120 cm³/mol. The zero-order chi connectivity index (χ0) is 22.4. The van der Waals surface area contributed by atoms with Gasteiger partial charge in [-0.25, -0.2) is 12.8 Å². The van der Waals surface area contributed by atoms with Crippen molar-refractivity contribution in [3.8, 4) is 0 Å². The first-order valence-corrected chi connectivity index (χ1v) is 12.2. The van der Waals surface area contributed by atoms with Crippen LogP contribution in [0.2, 0.25) is 5.02 Å². The normalized spacial score (nSPS) is 15.6. The number of carbonyl (C=O) groups is 1. The second-order valence-corrected chi connectivity index (χ2v) is 9.98. The third kappa shape index (κ3) is 6.66. The maximum atomic E-state index is 13.0. The van der Waals surface area contributed by atoms with E-state index >= 15 is 0 Å². The summed E-state index contributed by atoms with van der Waals surface area (Å²) in [5.41, 5.74) is 0.310. The number of rotatable bonds is 8. The van der Waals surface area contributed by atoms with E-state index in [2.05, 4.69) is 21.9 Å². The Bertz CT molecular complexity index is 1010. The van der Waals surface area contributed by atoms with Gasteiger partial charge in [0.15, 0.2) is 0 Å². The number of benzene rings is 2. The summed E-state index contributed by atoms with van der Waals surface area (Å²) in [5, 5.41) is 2.99. The maximum Gasteiger partial charge on any atom is 0.261 e. The number of nitrogens with one attached hydrogen (secondary N) is 2. The van der Waals surface area contributed by atoms with Gasteiger partial charge in [-0.1, -0.05) is 18.5 Å². The van der Waals surface area contributed by atoms with Crippen LogP contribution in [0.5, 0.6) is 0 Å². The fourth-order valence-corrected chi connectivity index (χ4v) is 4.75. The highest BCUT2D eigenvalue weighted by atomic mass is 35.5. The Balaban J connectivity index is 1.59. The molecule has 0 aliphatic carbocycles. The summed E-state index contributed by atoms with van der Waals surface area (Å²) in [4.78, 5) is 14.9. The zero-order valence-corrected chi connectivity index (χ0v) is 19.0. The number of hydrogen-bond donors (Lipinski definition) is 2. The molecule has 0 saturated carbocycles.